The third kappa shape index (κ3) is 2.80. The van der Waals surface area contributed by atoms with Crippen LogP contribution in [-0.2, 0) is 25.7 Å². The zero-order chi connectivity index (χ0) is 15.7. The van der Waals surface area contributed by atoms with Crippen molar-refractivity contribution < 1.29 is 13.2 Å². The zero-order valence-electron chi connectivity index (χ0n) is 12.2. The molecule has 0 amide bonds. The molecule has 0 aliphatic carbocycles. The topological polar surface area (TPSA) is 42.7 Å². The number of fused-ring (bicyclic) bond motifs is 1. The van der Waals surface area contributed by atoms with Gasteiger partial charge in [0.15, 0.2) is 0 Å². The number of nitrogens with zero attached hydrogens (tertiary/aromatic N) is 3. The highest BCUT2D eigenvalue weighted by molar-refractivity contribution is 5.43. The predicted molar refractivity (Wildman–Crippen MR) is 76.5 cm³/mol. The molecule has 7 heteroatoms. The standard InChI is InChI=1S/C15H17F3N4/c1-10-5-4-7-19-13(10)20-9-11-12-6-2-3-8-22(12)14(21-11)15(16,17)18/h4-5,7H,2-3,6,8-9H2,1H3,(H,19,20). The fourth-order valence-corrected chi connectivity index (χ4v) is 2.81. The van der Waals surface area contributed by atoms with Crippen LogP contribution in [0.3, 0.4) is 0 Å². The third-order valence-corrected chi connectivity index (χ3v) is 3.89. The van der Waals surface area contributed by atoms with E-state index in [1.165, 1.54) is 4.57 Å². The maximum atomic E-state index is 13.1. The summed E-state index contributed by atoms with van der Waals surface area (Å²) in [5.74, 6) is -0.106. The summed E-state index contributed by atoms with van der Waals surface area (Å²) in [6, 6.07) is 3.72. The molecule has 4 nitrogen and oxygen atoms in total. The molecule has 0 unspecified atom stereocenters. The second-order valence-electron chi connectivity index (χ2n) is 5.46. The van der Waals surface area contributed by atoms with Crippen LogP contribution in [-0.4, -0.2) is 14.5 Å². The van der Waals surface area contributed by atoms with E-state index in [2.05, 4.69) is 15.3 Å². The van der Waals surface area contributed by atoms with E-state index < -0.39 is 12.0 Å². The number of hydrogen-bond acceptors (Lipinski definition) is 3. The molecule has 3 heterocycles. The summed E-state index contributed by atoms with van der Waals surface area (Å²) in [5.41, 5.74) is 2.11. The van der Waals surface area contributed by atoms with E-state index in [-0.39, 0.29) is 6.54 Å². The minimum atomic E-state index is -4.41. The number of alkyl halides is 3. The van der Waals surface area contributed by atoms with Gasteiger partial charge in [0.25, 0.3) is 0 Å². The summed E-state index contributed by atoms with van der Waals surface area (Å²) in [5, 5.41) is 3.09. The molecule has 0 saturated carbocycles. The fourth-order valence-electron chi connectivity index (χ4n) is 2.81. The van der Waals surface area contributed by atoms with Crippen molar-refractivity contribution in [2.45, 2.75) is 45.5 Å². The van der Waals surface area contributed by atoms with Crippen LogP contribution in [0.15, 0.2) is 18.3 Å². The molecular formula is C15H17F3N4. The number of hydrogen-bond donors (Lipinski definition) is 1. The van der Waals surface area contributed by atoms with Gasteiger partial charge in [0.2, 0.25) is 5.82 Å². The van der Waals surface area contributed by atoms with Gasteiger partial charge in [0.05, 0.1) is 12.2 Å². The fraction of sp³-hybridized carbons (Fsp3) is 0.467. The molecule has 0 fully saturated rings. The zero-order valence-corrected chi connectivity index (χ0v) is 12.2. The number of pyridine rings is 1. The molecule has 1 N–H and O–H groups in total. The molecule has 2 aromatic rings. The molecule has 1 aliphatic rings. The Labute approximate surface area is 126 Å². The van der Waals surface area contributed by atoms with Crippen molar-refractivity contribution >= 4 is 5.82 Å². The molecule has 0 aromatic carbocycles. The number of imidazole rings is 1. The average Bonchev–Trinajstić information content (AvgIpc) is 2.86. The Hall–Kier alpha value is -2.05. The second kappa shape index (κ2) is 5.62. The van der Waals surface area contributed by atoms with Crippen molar-refractivity contribution in [2.24, 2.45) is 0 Å². The van der Waals surface area contributed by atoms with Gasteiger partial charge >= 0.3 is 6.18 Å². The van der Waals surface area contributed by atoms with Crippen LogP contribution in [0, 0.1) is 6.92 Å². The van der Waals surface area contributed by atoms with E-state index in [1.54, 1.807) is 6.20 Å². The van der Waals surface area contributed by atoms with E-state index in [0.29, 0.717) is 30.2 Å². The Morgan fingerprint density at radius 3 is 2.86 bits per heavy atom. The van der Waals surface area contributed by atoms with E-state index in [9.17, 15) is 13.2 Å². The number of aromatic nitrogens is 3. The van der Waals surface area contributed by atoms with Crippen LogP contribution >= 0.6 is 0 Å². The van der Waals surface area contributed by atoms with Crippen molar-refractivity contribution in [3.8, 4) is 0 Å². The smallest absolute Gasteiger partial charge is 0.364 e. The van der Waals surface area contributed by atoms with Gasteiger partial charge < -0.3 is 9.88 Å². The Balaban J connectivity index is 1.88. The van der Waals surface area contributed by atoms with Crippen molar-refractivity contribution in [2.75, 3.05) is 5.32 Å². The van der Waals surface area contributed by atoms with E-state index in [0.717, 1.165) is 18.4 Å². The lowest BCUT2D eigenvalue weighted by molar-refractivity contribution is -0.147. The molecule has 3 rings (SSSR count). The van der Waals surface area contributed by atoms with Crippen molar-refractivity contribution in [3.63, 3.8) is 0 Å². The first-order chi connectivity index (χ1) is 10.5. The van der Waals surface area contributed by atoms with E-state index >= 15 is 0 Å². The maximum absolute atomic E-state index is 13.1. The van der Waals surface area contributed by atoms with Gasteiger partial charge in [-0.15, -0.1) is 0 Å². The van der Waals surface area contributed by atoms with Crippen molar-refractivity contribution in [1.29, 1.82) is 0 Å². The number of rotatable bonds is 3. The van der Waals surface area contributed by atoms with Crippen LogP contribution in [0.2, 0.25) is 0 Å². The quantitative estimate of drug-likeness (QED) is 0.942. The van der Waals surface area contributed by atoms with Crippen molar-refractivity contribution in [1.82, 2.24) is 14.5 Å². The minimum absolute atomic E-state index is 0.253. The Morgan fingerprint density at radius 2 is 2.14 bits per heavy atom. The van der Waals surface area contributed by atoms with Gasteiger partial charge in [-0.3, -0.25) is 0 Å². The van der Waals surface area contributed by atoms with Crippen molar-refractivity contribution in [3.05, 3.63) is 41.1 Å². The summed E-state index contributed by atoms with van der Waals surface area (Å²) >= 11 is 0. The highest BCUT2D eigenvalue weighted by Crippen LogP contribution is 2.33. The van der Waals surface area contributed by atoms with Crippen LogP contribution < -0.4 is 5.32 Å². The number of nitrogens with one attached hydrogen (secondary N) is 1. The third-order valence-electron chi connectivity index (χ3n) is 3.89. The molecule has 0 radical (unpaired) electrons. The van der Waals surface area contributed by atoms with Gasteiger partial charge in [0.1, 0.15) is 5.82 Å². The monoisotopic (exact) mass is 310 g/mol. The van der Waals surface area contributed by atoms with Crippen LogP contribution in [0.1, 0.15) is 35.6 Å². The Kier molecular flexibility index (Phi) is 3.80. The highest BCUT2D eigenvalue weighted by atomic mass is 19.4. The SMILES string of the molecule is Cc1cccnc1NCc1nc(C(F)(F)F)n2c1CCCC2. The van der Waals surface area contributed by atoms with Crippen LogP contribution in [0.4, 0.5) is 19.0 Å². The van der Waals surface area contributed by atoms with Gasteiger partial charge in [0, 0.05) is 18.4 Å². The molecular weight excluding hydrogens is 293 g/mol. The Morgan fingerprint density at radius 1 is 1.32 bits per heavy atom. The molecule has 0 spiro atoms. The lowest BCUT2D eigenvalue weighted by Gasteiger charge is -2.18. The molecule has 22 heavy (non-hydrogen) atoms. The second-order valence-corrected chi connectivity index (χ2v) is 5.46. The number of halogens is 3. The molecule has 2 aromatic heterocycles. The summed E-state index contributed by atoms with van der Waals surface area (Å²) in [6.07, 6.45) is -0.455. The number of aryl methyl sites for hydroxylation is 1. The van der Waals surface area contributed by atoms with Crippen LogP contribution in [0.25, 0.3) is 0 Å². The molecule has 118 valence electrons. The van der Waals surface area contributed by atoms with Gasteiger partial charge in [-0.2, -0.15) is 13.2 Å². The lowest BCUT2D eigenvalue weighted by atomic mass is 10.1. The first-order valence-electron chi connectivity index (χ1n) is 7.28. The van der Waals surface area contributed by atoms with Gasteiger partial charge in [-0.1, -0.05) is 6.07 Å². The number of anilines is 1. The maximum Gasteiger partial charge on any atom is 0.449 e. The average molecular weight is 310 g/mol. The summed E-state index contributed by atoms with van der Waals surface area (Å²) in [6.45, 7) is 2.54. The summed E-state index contributed by atoms with van der Waals surface area (Å²) in [4.78, 5) is 8.05. The largest absolute Gasteiger partial charge is 0.449 e. The molecule has 1 aliphatic heterocycles. The van der Waals surface area contributed by atoms with E-state index in [1.807, 2.05) is 19.1 Å². The normalized spacial score (nSPS) is 14.7. The van der Waals surface area contributed by atoms with Crippen LogP contribution in [0.5, 0.6) is 0 Å². The summed E-state index contributed by atoms with van der Waals surface area (Å²) in [7, 11) is 0. The minimum Gasteiger partial charge on any atom is -0.364 e. The lowest BCUT2D eigenvalue weighted by Crippen LogP contribution is -2.19. The predicted octanol–water partition coefficient (Wildman–Crippen LogP) is 3.55. The molecule has 0 atom stereocenters. The van der Waals surface area contributed by atoms with Gasteiger partial charge in [-0.05, 0) is 37.8 Å². The highest BCUT2D eigenvalue weighted by Gasteiger charge is 2.39. The molecule has 0 bridgehead atoms. The first kappa shape index (κ1) is 14.9. The Bertz CT molecular complexity index is 676. The van der Waals surface area contributed by atoms with E-state index in [4.69, 9.17) is 0 Å². The molecule has 0 saturated heterocycles. The van der Waals surface area contributed by atoms with Gasteiger partial charge in [-0.25, -0.2) is 9.97 Å². The first-order valence-corrected chi connectivity index (χ1v) is 7.28. The summed E-state index contributed by atoms with van der Waals surface area (Å²) < 4.78 is 40.6.